The third-order valence-corrected chi connectivity index (χ3v) is 4.76. The molecule has 1 heterocycles. The molecule has 1 unspecified atom stereocenters. The maximum absolute atomic E-state index is 12.3. The van der Waals surface area contributed by atoms with Gasteiger partial charge in [-0.25, -0.2) is 0 Å². The summed E-state index contributed by atoms with van der Waals surface area (Å²) in [6.45, 7) is 0. The second kappa shape index (κ2) is 5.92. The highest BCUT2D eigenvalue weighted by molar-refractivity contribution is 5.84. The lowest BCUT2D eigenvalue weighted by Crippen LogP contribution is -2.27. The largest absolute Gasteiger partial charge is 0.361 e. The summed E-state index contributed by atoms with van der Waals surface area (Å²) in [5, 5.41) is 4.41. The number of carbonyl (C=O) groups excluding carboxylic acids is 1. The Morgan fingerprint density at radius 2 is 1.96 bits per heavy atom. The first-order chi connectivity index (χ1) is 11.3. The Bertz CT molecular complexity index is 849. The molecule has 0 radical (unpaired) electrons. The first kappa shape index (κ1) is 14.1. The highest BCUT2D eigenvalue weighted by Crippen LogP contribution is 2.30. The molecule has 3 aromatic rings. The molecule has 3 heteroatoms. The van der Waals surface area contributed by atoms with Crippen LogP contribution in [0.15, 0.2) is 54.7 Å². The van der Waals surface area contributed by atoms with Crippen molar-refractivity contribution < 1.29 is 4.79 Å². The number of hydrogen-bond acceptors (Lipinski definition) is 1. The molecule has 0 aliphatic heterocycles. The minimum atomic E-state index is 0.136. The van der Waals surface area contributed by atoms with E-state index in [1.807, 2.05) is 18.3 Å². The molecule has 1 aliphatic rings. The van der Waals surface area contributed by atoms with Crippen molar-refractivity contribution in [3.05, 3.63) is 71.4 Å². The summed E-state index contributed by atoms with van der Waals surface area (Å²) in [6.07, 6.45) is 5.38. The fraction of sp³-hybridized carbons (Fsp3) is 0.250. The van der Waals surface area contributed by atoms with Gasteiger partial charge in [0.1, 0.15) is 0 Å². The van der Waals surface area contributed by atoms with Crippen molar-refractivity contribution in [2.24, 2.45) is 0 Å². The van der Waals surface area contributed by atoms with Gasteiger partial charge in [-0.15, -0.1) is 0 Å². The Balaban J connectivity index is 1.40. The molecular weight excluding hydrogens is 284 g/mol. The van der Waals surface area contributed by atoms with Crippen LogP contribution >= 0.6 is 0 Å². The summed E-state index contributed by atoms with van der Waals surface area (Å²) in [4.78, 5) is 15.6. The number of benzene rings is 2. The summed E-state index contributed by atoms with van der Waals surface area (Å²) < 4.78 is 0. The third kappa shape index (κ3) is 2.74. The van der Waals surface area contributed by atoms with E-state index in [4.69, 9.17) is 0 Å². The second-order valence-corrected chi connectivity index (χ2v) is 6.22. The molecule has 4 rings (SSSR count). The number of rotatable bonds is 4. The minimum Gasteiger partial charge on any atom is -0.361 e. The van der Waals surface area contributed by atoms with Crippen LogP contribution in [-0.4, -0.2) is 10.9 Å². The number of H-pyrrole nitrogens is 1. The maximum atomic E-state index is 12.3. The van der Waals surface area contributed by atoms with E-state index in [9.17, 15) is 4.79 Å². The Kier molecular flexibility index (Phi) is 3.62. The van der Waals surface area contributed by atoms with Crippen molar-refractivity contribution in [3.8, 4) is 0 Å². The van der Waals surface area contributed by atoms with Crippen LogP contribution in [-0.2, 0) is 17.6 Å². The summed E-state index contributed by atoms with van der Waals surface area (Å²) >= 11 is 0. The number of amides is 1. The number of para-hydroxylation sites is 1. The van der Waals surface area contributed by atoms with Crippen molar-refractivity contribution in [1.29, 1.82) is 0 Å². The molecule has 0 fully saturated rings. The lowest BCUT2D eigenvalue weighted by Gasteiger charge is -2.14. The lowest BCUT2D eigenvalue weighted by molar-refractivity contribution is -0.121. The van der Waals surface area contributed by atoms with Crippen LogP contribution < -0.4 is 5.32 Å². The van der Waals surface area contributed by atoms with Crippen molar-refractivity contribution in [1.82, 2.24) is 10.3 Å². The predicted octanol–water partition coefficient (Wildman–Crippen LogP) is 3.90. The number of aromatic nitrogens is 1. The summed E-state index contributed by atoms with van der Waals surface area (Å²) in [5.74, 6) is 0.136. The van der Waals surface area contributed by atoms with Gasteiger partial charge in [0.05, 0.1) is 6.04 Å². The van der Waals surface area contributed by atoms with E-state index >= 15 is 0 Å². The fourth-order valence-electron chi connectivity index (χ4n) is 3.56. The van der Waals surface area contributed by atoms with Gasteiger partial charge in [0.2, 0.25) is 5.91 Å². The van der Waals surface area contributed by atoms with Crippen LogP contribution in [0.2, 0.25) is 0 Å². The molecule has 0 saturated carbocycles. The first-order valence-corrected chi connectivity index (χ1v) is 8.23. The summed E-state index contributed by atoms with van der Waals surface area (Å²) in [6, 6.07) is 16.8. The molecule has 1 aliphatic carbocycles. The average molecular weight is 304 g/mol. The number of fused-ring (bicyclic) bond motifs is 2. The van der Waals surface area contributed by atoms with E-state index in [-0.39, 0.29) is 11.9 Å². The van der Waals surface area contributed by atoms with Gasteiger partial charge in [0, 0.05) is 23.5 Å². The fourth-order valence-corrected chi connectivity index (χ4v) is 3.56. The summed E-state index contributed by atoms with van der Waals surface area (Å²) in [5.41, 5.74) is 5.00. The zero-order valence-electron chi connectivity index (χ0n) is 13.0. The van der Waals surface area contributed by atoms with E-state index in [0.717, 1.165) is 24.8 Å². The van der Waals surface area contributed by atoms with Crippen LogP contribution in [0.25, 0.3) is 10.9 Å². The van der Waals surface area contributed by atoms with E-state index in [1.165, 1.54) is 22.1 Å². The zero-order chi connectivity index (χ0) is 15.6. The maximum Gasteiger partial charge on any atom is 0.220 e. The molecule has 0 bridgehead atoms. The monoisotopic (exact) mass is 304 g/mol. The Morgan fingerprint density at radius 3 is 2.91 bits per heavy atom. The van der Waals surface area contributed by atoms with Gasteiger partial charge in [-0.1, -0.05) is 42.5 Å². The van der Waals surface area contributed by atoms with Crippen LogP contribution in [0.3, 0.4) is 0 Å². The van der Waals surface area contributed by atoms with Gasteiger partial charge in [0.15, 0.2) is 0 Å². The number of aromatic amines is 1. The molecule has 3 nitrogen and oxygen atoms in total. The number of hydrogen-bond donors (Lipinski definition) is 2. The zero-order valence-corrected chi connectivity index (χ0v) is 13.0. The van der Waals surface area contributed by atoms with Gasteiger partial charge in [-0.3, -0.25) is 4.79 Å². The SMILES string of the molecule is O=C(CCc1c[nH]c2ccccc12)NC1CCc2ccccc21. The Hall–Kier alpha value is -2.55. The van der Waals surface area contributed by atoms with E-state index < -0.39 is 0 Å². The van der Waals surface area contributed by atoms with Crippen LogP contribution in [0.5, 0.6) is 0 Å². The molecular formula is C20H20N2O. The number of aryl methyl sites for hydroxylation is 2. The van der Waals surface area contributed by atoms with Gasteiger partial charge in [0.25, 0.3) is 0 Å². The van der Waals surface area contributed by atoms with Gasteiger partial charge in [-0.2, -0.15) is 0 Å². The second-order valence-electron chi connectivity index (χ2n) is 6.22. The molecule has 1 atom stereocenters. The first-order valence-electron chi connectivity index (χ1n) is 8.23. The topological polar surface area (TPSA) is 44.9 Å². The minimum absolute atomic E-state index is 0.136. The number of carbonyl (C=O) groups is 1. The van der Waals surface area contributed by atoms with E-state index in [2.05, 4.69) is 46.7 Å². The Labute approximate surface area is 135 Å². The van der Waals surface area contributed by atoms with Crippen LogP contribution in [0, 0.1) is 0 Å². The lowest BCUT2D eigenvalue weighted by atomic mass is 10.1. The van der Waals surface area contributed by atoms with Crippen molar-refractivity contribution >= 4 is 16.8 Å². The molecule has 2 N–H and O–H groups in total. The molecule has 0 saturated heterocycles. The van der Waals surface area contributed by atoms with Gasteiger partial charge >= 0.3 is 0 Å². The summed E-state index contributed by atoms with van der Waals surface area (Å²) in [7, 11) is 0. The standard InChI is InChI=1S/C20H20N2O/c23-20(22-19-11-9-14-5-1-2-6-16(14)19)12-10-15-13-21-18-8-4-3-7-17(15)18/h1-8,13,19,21H,9-12H2,(H,22,23). The average Bonchev–Trinajstić information content (AvgIpc) is 3.18. The van der Waals surface area contributed by atoms with E-state index in [1.54, 1.807) is 0 Å². The molecule has 1 amide bonds. The van der Waals surface area contributed by atoms with Crippen LogP contribution in [0.4, 0.5) is 0 Å². The quantitative estimate of drug-likeness (QED) is 0.754. The molecule has 0 spiro atoms. The predicted molar refractivity (Wildman–Crippen MR) is 92.3 cm³/mol. The molecule has 2 aromatic carbocycles. The highest BCUT2D eigenvalue weighted by Gasteiger charge is 2.23. The van der Waals surface area contributed by atoms with Gasteiger partial charge < -0.3 is 10.3 Å². The molecule has 23 heavy (non-hydrogen) atoms. The van der Waals surface area contributed by atoms with Crippen molar-refractivity contribution in [3.63, 3.8) is 0 Å². The number of nitrogens with one attached hydrogen (secondary N) is 2. The third-order valence-electron chi connectivity index (χ3n) is 4.76. The Morgan fingerprint density at radius 1 is 1.13 bits per heavy atom. The molecule has 1 aromatic heterocycles. The van der Waals surface area contributed by atoms with E-state index in [0.29, 0.717) is 6.42 Å². The van der Waals surface area contributed by atoms with Crippen molar-refractivity contribution in [2.75, 3.05) is 0 Å². The van der Waals surface area contributed by atoms with Crippen molar-refractivity contribution in [2.45, 2.75) is 31.7 Å². The smallest absolute Gasteiger partial charge is 0.220 e. The highest BCUT2D eigenvalue weighted by atomic mass is 16.1. The van der Waals surface area contributed by atoms with Gasteiger partial charge in [-0.05, 0) is 42.0 Å². The normalized spacial score (nSPS) is 16.4. The van der Waals surface area contributed by atoms with Crippen LogP contribution in [0.1, 0.15) is 35.6 Å². The molecule has 116 valence electrons.